The fourth-order valence-electron chi connectivity index (χ4n) is 2.49. The van der Waals surface area contributed by atoms with Gasteiger partial charge in [-0.15, -0.1) is 0 Å². The van der Waals surface area contributed by atoms with Crippen molar-refractivity contribution in [1.29, 1.82) is 0 Å². The molecule has 8 nitrogen and oxygen atoms in total. The third-order valence-corrected chi connectivity index (χ3v) is 5.82. The molecule has 2 rings (SSSR count). The highest BCUT2D eigenvalue weighted by Crippen LogP contribution is 2.35. The van der Waals surface area contributed by atoms with Gasteiger partial charge in [0, 0.05) is 19.0 Å². The molecule has 0 aromatic carbocycles. The second-order valence-electron chi connectivity index (χ2n) is 5.27. The normalized spacial score (nSPS) is 24.4. The molecule has 1 saturated heterocycles. The summed E-state index contributed by atoms with van der Waals surface area (Å²) in [6.07, 6.45) is 1.44. The van der Waals surface area contributed by atoms with E-state index in [1.54, 1.807) is 13.8 Å². The Balaban J connectivity index is 2.25. The van der Waals surface area contributed by atoms with Gasteiger partial charge in [0.05, 0.1) is 23.6 Å². The number of aromatic nitrogens is 3. The van der Waals surface area contributed by atoms with Gasteiger partial charge in [0.15, 0.2) is 0 Å². The zero-order valence-corrected chi connectivity index (χ0v) is 12.2. The number of aromatic amines is 1. The molecule has 1 aromatic rings. The molecular weight excluding hydrogens is 284 g/mol. The van der Waals surface area contributed by atoms with Gasteiger partial charge in [0.25, 0.3) is 0 Å². The lowest BCUT2D eigenvalue weighted by atomic mass is 9.91. The molecule has 9 heteroatoms. The molecule has 0 bridgehead atoms. The molecule has 1 fully saturated rings. The van der Waals surface area contributed by atoms with Crippen molar-refractivity contribution in [2.45, 2.75) is 31.4 Å². The van der Waals surface area contributed by atoms with Crippen LogP contribution in [0.15, 0.2) is 6.20 Å². The number of carboxylic acid groups (broad SMARTS) is 1. The number of carbonyl (C=O) groups is 1. The van der Waals surface area contributed by atoms with Gasteiger partial charge in [-0.25, -0.2) is 12.7 Å². The zero-order chi connectivity index (χ0) is 14.9. The Hall–Kier alpha value is -1.48. The van der Waals surface area contributed by atoms with Crippen LogP contribution in [0, 0.1) is 5.92 Å². The topological polar surface area (TPSA) is 116 Å². The third-order valence-electron chi connectivity index (χ3n) is 3.61. The summed E-state index contributed by atoms with van der Waals surface area (Å²) in [5, 5.41) is 18.6. The fourth-order valence-corrected chi connectivity index (χ4v) is 3.86. The first-order valence-corrected chi connectivity index (χ1v) is 7.89. The Morgan fingerprint density at radius 1 is 1.55 bits per heavy atom. The monoisotopic (exact) mass is 302 g/mol. The second kappa shape index (κ2) is 5.49. The molecule has 0 unspecified atom stereocenters. The van der Waals surface area contributed by atoms with Crippen LogP contribution in [-0.2, 0) is 14.8 Å². The van der Waals surface area contributed by atoms with E-state index in [4.69, 9.17) is 5.11 Å². The Bertz CT molecular complexity index is 569. The van der Waals surface area contributed by atoms with E-state index in [-0.39, 0.29) is 31.3 Å². The highest BCUT2D eigenvalue weighted by atomic mass is 32.2. The largest absolute Gasteiger partial charge is 0.481 e. The quantitative estimate of drug-likeness (QED) is 0.793. The first-order valence-electron chi connectivity index (χ1n) is 6.38. The van der Waals surface area contributed by atoms with Crippen molar-refractivity contribution < 1.29 is 18.3 Å². The Morgan fingerprint density at radius 3 is 2.75 bits per heavy atom. The maximum atomic E-state index is 12.2. The first-order chi connectivity index (χ1) is 9.32. The Morgan fingerprint density at radius 2 is 2.25 bits per heavy atom. The Kier molecular flexibility index (Phi) is 4.09. The van der Waals surface area contributed by atoms with Gasteiger partial charge < -0.3 is 5.11 Å². The molecule has 0 saturated carbocycles. The fraction of sp³-hybridized carbons (Fsp3) is 0.727. The number of rotatable bonds is 5. The summed E-state index contributed by atoms with van der Waals surface area (Å²) in [4.78, 5) is 10.9. The van der Waals surface area contributed by atoms with Crippen molar-refractivity contribution in [3.8, 4) is 0 Å². The molecule has 2 heterocycles. The van der Waals surface area contributed by atoms with Gasteiger partial charge in [-0.05, 0) is 19.8 Å². The lowest BCUT2D eigenvalue weighted by molar-refractivity contribution is -0.138. The van der Waals surface area contributed by atoms with Crippen LogP contribution in [0.25, 0.3) is 0 Å². The van der Waals surface area contributed by atoms with Crippen molar-refractivity contribution in [2.75, 3.05) is 13.1 Å². The van der Waals surface area contributed by atoms with Gasteiger partial charge in [-0.1, -0.05) is 0 Å². The highest BCUT2D eigenvalue weighted by Gasteiger charge is 2.42. The maximum absolute atomic E-state index is 12.2. The lowest BCUT2D eigenvalue weighted by Gasteiger charge is -2.18. The van der Waals surface area contributed by atoms with Gasteiger partial charge >= 0.3 is 5.97 Å². The smallest absolute Gasteiger partial charge is 0.303 e. The number of hydrogen-bond donors (Lipinski definition) is 2. The van der Waals surface area contributed by atoms with E-state index in [2.05, 4.69) is 15.4 Å². The average Bonchev–Trinajstić information content (AvgIpc) is 2.95. The second-order valence-corrected chi connectivity index (χ2v) is 7.76. The van der Waals surface area contributed by atoms with Crippen LogP contribution in [0.5, 0.6) is 0 Å². The highest BCUT2D eigenvalue weighted by molar-refractivity contribution is 7.89. The molecule has 112 valence electrons. The predicted octanol–water partition coefficient (Wildman–Crippen LogP) is 0.0330. The van der Waals surface area contributed by atoms with E-state index in [0.29, 0.717) is 5.69 Å². The number of H-pyrrole nitrogens is 1. The van der Waals surface area contributed by atoms with E-state index < -0.39 is 21.2 Å². The van der Waals surface area contributed by atoms with Gasteiger partial charge in [-0.2, -0.15) is 15.4 Å². The van der Waals surface area contributed by atoms with E-state index in [1.165, 1.54) is 10.5 Å². The van der Waals surface area contributed by atoms with E-state index in [9.17, 15) is 13.2 Å². The Labute approximate surface area is 117 Å². The lowest BCUT2D eigenvalue weighted by Crippen LogP contribution is -2.34. The number of nitrogens with zero attached hydrogens (tertiary/aromatic N) is 3. The minimum atomic E-state index is -3.39. The molecular formula is C11H18N4O4S. The molecule has 0 amide bonds. The van der Waals surface area contributed by atoms with E-state index >= 15 is 0 Å². The molecule has 2 atom stereocenters. The molecule has 2 N–H and O–H groups in total. The number of nitrogens with one attached hydrogen (secondary N) is 1. The summed E-state index contributed by atoms with van der Waals surface area (Å²) < 4.78 is 25.8. The minimum Gasteiger partial charge on any atom is -0.481 e. The maximum Gasteiger partial charge on any atom is 0.303 e. The summed E-state index contributed by atoms with van der Waals surface area (Å²) in [6, 6.07) is 0. The van der Waals surface area contributed by atoms with Crippen molar-refractivity contribution in [3.63, 3.8) is 0 Å². The van der Waals surface area contributed by atoms with Crippen LogP contribution < -0.4 is 0 Å². The van der Waals surface area contributed by atoms with Crippen LogP contribution in [-0.4, -0.2) is 57.5 Å². The van der Waals surface area contributed by atoms with Crippen LogP contribution in [0.2, 0.25) is 0 Å². The van der Waals surface area contributed by atoms with Crippen LogP contribution in [0.1, 0.15) is 31.9 Å². The van der Waals surface area contributed by atoms with E-state index in [1.807, 2.05) is 0 Å². The van der Waals surface area contributed by atoms with Crippen molar-refractivity contribution in [2.24, 2.45) is 5.92 Å². The number of hydrogen-bond acceptors (Lipinski definition) is 5. The molecule has 1 aliphatic rings. The number of aliphatic carboxylic acids is 1. The molecule has 0 aliphatic carbocycles. The predicted molar refractivity (Wildman–Crippen MR) is 70.5 cm³/mol. The zero-order valence-electron chi connectivity index (χ0n) is 11.4. The van der Waals surface area contributed by atoms with Crippen molar-refractivity contribution >= 4 is 16.0 Å². The standard InChI is InChI=1S/C11H18N4O4S/c1-7(2)20(18,19)15-5-8(3-11(16)17)9(6-15)10-4-12-14-13-10/h4,7-9H,3,5-6H2,1-2H3,(H,16,17)(H,12,13,14)/t8-,9+/m0/s1. The molecule has 0 spiro atoms. The van der Waals surface area contributed by atoms with Crippen LogP contribution in [0.4, 0.5) is 0 Å². The molecule has 20 heavy (non-hydrogen) atoms. The van der Waals surface area contributed by atoms with Crippen LogP contribution >= 0.6 is 0 Å². The van der Waals surface area contributed by atoms with Gasteiger partial charge in [0.2, 0.25) is 10.0 Å². The molecule has 1 aromatic heterocycles. The number of sulfonamides is 1. The van der Waals surface area contributed by atoms with Crippen molar-refractivity contribution in [3.05, 3.63) is 11.9 Å². The SMILES string of the molecule is CC(C)S(=O)(=O)N1C[C@H](CC(=O)O)[C@H](c2cn[nH]n2)C1. The third kappa shape index (κ3) is 2.83. The number of carboxylic acids is 1. The van der Waals surface area contributed by atoms with Crippen molar-refractivity contribution in [1.82, 2.24) is 19.7 Å². The summed E-state index contributed by atoms with van der Waals surface area (Å²) in [6.45, 7) is 3.70. The average molecular weight is 302 g/mol. The molecule has 1 aliphatic heterocycles. The summed E-state index contributed by atoms with van der Waals surface area (Å²) >= 11 is 0. The summed E-state index contributed by atoms with van der Waals surface area (Å²) in [5.41, 5.74) is 0.609. The minimum absolute atomic E-state index is 0.0817. The van der Waals surface area contributed by atoms with E-state index in [0.717, 1.165) is 0 Å². The molecule has 0 radical (unpaired) electrons. The van der Waals surface area contributed by atoms with Gasteiger partial charge in [-0.3, -0.25) is 4.79 Å². The summed E-state index contributed by atoms with van der Waals surface area (Å²) in [5.74, 6) is -1.46. The summed E-state index contributed by atoms with van der Waals surface area (Å²) in [7, 11) is -3.39. The van der Waals surface area contributed by atoms with Crippen LogP contribution in [0.3, 0.4) is 0 Å². The first kappa shape index (κ1) is 14.9. The van der Waals surface area contributed by atoms with Gasteiger partial charge in [0.1, 0.15) is 0 Å².